The van der Waals surface area contributed by atoms with Gasteiger partial charge in [0.05, 0.1) is 32.3 Å². The Kier molecular flexibility index (Phi) is 8.16. The number of carbonyl (C=O) groups excluding carboxylic acids is 2. The molecule has 0 spiro atoms. The molecule has 0 saturated carbocycles. The lowest BCUT2D eigenvalue weighted by molar-refractivity contribution is -0.129. The molecule has 0 atom stereocenters. The van der Waals surface area contributed by atoms with Gasteiger partial charge in [-0.05, 0) is 99.5 Å². The first-order chi connectivity index (χ1) is 16.8. The quantitative estimate of drug-likeness (QED) is 0.118. The first-order valence-electron chi connectivity index (χ1n) is 10.2. The summed E-state index contributed by atoms with van der Waals surface area (Å²) >= 11 is 17.9. The number of hydrogen-bond donors (Lipinski definition) is 0. The van der Waals surface area contributed by atoms with Crippen molar-refractivity contribution >= 4 is 85.6 Å². The van der Waals surface area contributed by atoms with E-state index < -0.39 is 11.9 Å². The molecule has 4 rings (SSSR count). The highest BCUT2D eigenvalue weighted by Gasteiger charge is 2.26. The number of benzene rings is 3. The lowest BCUT2D eigenvalue weighted by Gasteiger charge is -2.14. The monoisotopic (exact) mass is 685 g/mol. The van der Waals surface area contributed by atoms with E-state index in [-0.39, 0.29) is 27.9 Å². The molecule has 1 aliphatic heterocycles. The molecule has 0 N–H and O–H groups in total. The highest BCUT2D eigenvalue weighted by Crippen LogP contribution is 2.39. The lowest BCUT2D eigenvalue weighted by atomic mass is 10.1. The second kappa shape index (κ2) is 11.1. The Labute approximate surface area is 233 Å². The van der Waals surface area contributed by atoms with Crippen LogP contribution in [0.25, 0.3) is 6.08 Å². The number of rotatable bonds is 6. The normalized spacial score (nSPS) is 14.0. The average molecular weight is 687 g/mol. The van der Waals surface area contributed by atoms with Crippen LogP contribution in [0, 0.1) is 3.57 Å². The minimum absolute atomic E-state index is 0.0880. The Morgan fingerprint density at radius 3 is 2.66 bits per heavy atom. The van der Waals surface area contributed by atoms with Gasteiger partial charge in [-0.25, -0.2) is 14.6 Å². The maximum Gasteiger partial charge on any atom is 0.363 e. The minimum Gasteiger partial charge on any atom is -0.490 e. The summed E-state index contributed by atoms with van der Waals surface area (Å²) in [4.78, 5) is 29.5. The maximum atomic E-state index is 12.7. The van der Waals surface area contributed by atoms with Gasteiger partial charge in [-0.2, -0.15) is 0 Å². The summed E-state index contributed by atoms with van der Waals surface area (Å²) in [6.07, 6.45) is 1.55. The predicted molar refractivity (Wildman–Crippen MR) is 146 cm³/mol. The van der Waals surface area contributed by atoms with Crippen molar-refractivity contribution in [2.45, 2.75) is 6.92 Å². The van der Waals surface area contributed by atoms with Crippen molar-refractivity contribution in [1.29, 1.82) is 0 Å². The molecule has 0 aliphatic carbocycles. The van der Waals surface area contributed by atoms with E-state index in [9.17, 15) is 9.59 Å². The first kappa shape index (κ1) is 25.7. The number of aliphatic imine (C=N–C) groups is 1. The average Bonchev–Trinajstić information content (AvgIpc) is 3.18. The molecular formula is C25H15BrCl2INO5. The summed E-state index contributed by atoms with van der Waals surface area (Å²) in [6, 6.07) is 15.2. The Morgan fingerprint density at radius 2 is 1.91 bits per heavy atom. The molecule has 0 unspecified atom stereocenters. The Morgan fingerprint density at radius 1 is 1.14 bits per heavy atom. The largest absolute Gasteiger partial charge is 0.490 e. The van der Waals surface area contributed by atoms with Gasteiger partial charge < -0.3 is 14.2 Å². The Hall–Kier alpha value is -2.40. The zero-order chi connectivity index (χ0) is 25.1. The van der Waals surface area contributed by atoms with Crippen LogP contribution in [-0.4, -0.2) is 24.4 Å². The molecule has 6 nitrogen and oxygen atoms in total. The van der Waals surface area contributed by atoms with Crippen LogP contribution in [0.15, 0.2) is 69.8 Å². The van der Waals surface area contributed by atoms with Gasteiger partial charge in [0.1, 0.15) is 0 Å². The number of nitrogens with zero attached hydrogens (tertiary/aromatic N) is 1. The summed E-state index contributed by atoms with van der Waals surface area (Å²) in [6.45, 7) is 2.12. The molecule has 0 saturated heterocycles. The highest BCUT2D eigenvalue weighted by atomic mass is 127. The van der Waals surface area contributed by atoms with Crippen molar-refractivity contribution < 1.29 is 23.8 Å². The second-order valence-corrected chi connectivity index (χ2v) is 10.0. The SMILES string of the molecule is CCOc1cc(/C=C2\N=C(c3cc(I)ccc3Cl)OC2=O)cc(Br)c1OC(=O)c1ccccc1Cl. The fraction of sp³-hybridized carbons (Fsp3) is 0.0800. The van der Waals surface area contributed by atoms with Crippen LogP contribution in [0.2, 0.25) is 10.0 Å². The fourth-order valence-corrected chi connectivity index (χ4v) is 4.59. The van der Waals surface area contributed by atoms with Gasteiger partial charge >= 0.3 is 11.9 Å². The second-order valence-electron chi connectivity index (χ2n) is 7.09. The topological polar surface area (TPSA) is 74.2 Å². The summed E-state index contributed by atoms with van der Waals surface area (Å²) in [5.74, 6) is -0.642. The van der Waals surface area contributed by atoms with Crippen LogP contribution in [-0.2, 0) is 9.53 Å². The van der Waals surface area contributed by atoms with Crippen molar-refractivity contribution in [3.05, 3.63) is 95.1 Å². The molecule has 0 fully saturated rings. The van der Waals surface area contributed by atoms with E-state index in [1.165, 1.54) is 0 Å². The number of halogens is 4. The summed E-state index contributed by atoms with van der Waals surface area (Å²) in [5.41, 5.74) is 1.40. The van der Waals surface area contributed by atoms with Crippen molar-refractivity contribution in [2.75, 3.05) is 6.61 Å². The summed E-state index contributed by atoms with van der Waals surface area (Å²) in [7, 11) is 0. The third-order valence-corrected chi connectivity index (χ3v) is 6.62. The smallest absolute Gasteiger partial charge is 0.363 e. The summed E-state index contributed by atoms with van der Waals surface area (Å²) in [5, 5.41) is 0.693. The van der Waals surface area contributed by atoms with Gasteiger partial charge in [0.2, 0.25) is 5.90 Å². The van der Waals surface area contributed by atoms with Crippen molar-refractivity contribution in [2.24, 2.45) is 4.99 Å². The number of cyclic esters (lactones) is 1. The van der Waals surface area contributed by atoms with Crippen molar-refractivity contribution in [3.63, 3.8) is 0 Å². The molecule has 0 bridgehead atoms. The molecule has 0 aromatic heterocycles. The van der Waals surface area contributed by atoms with E-state index in [4.69, 9.17) is 37.4 Å². The third kappa shape index (κ3) is 5.88. The minimum atomic E-state index is -0.633. The van der Waals surface area contributed by atoms with E-state index >= 15 is 0 Å². The van der Waals surface area contributed by atoms with E-state index in [1.54, 1.807) is 61.5 Å². The van der Waals surface area contributed by atoms with Gasteiger partial charge in [-0.3, -0.25) is 0 Å². The number of hydrogen-bond acceptors (Lipinski definition) is 6. The first-order valence-corrected chi connectivity index (χ1v) is 12.8. The molecule has 1 heterocycles. The Balaban J connectivity index is 1.67. The zero-order valence-electron chi connectivity index (χ0n) is 18.0. The van der Waals surface area contributed by atoms with Crippen LogP contribution in [0.3, 0.4) is 0 Å². The van der Waals surface area contributed by atoms with Gasteiger partial charge in [0.15, 0.2) is 17.2 Å². The van der Waals surface area contributed by atoms with E-state index in [2.05, 4.69) is 43.5 Å². The van der Waals surface area contributed by atoms with Gasteiger partial charge in [-0.15, -0.1) is 0 Å². The van der Waals surface area contributed by atoms with E-state index in [0.717, 1.165) is 3.57 Å². The van der Waals surface area contributed by atoms with E-state index in [0.29, 0.717) is 33.0 Å². The van der Waals surface area contributed by atoms with E-state index in [1.807, 2.05) is 6.07 Å². The van der Waals surface area contributed by atoms with Crippen LogP contribution >= 0.6 is 61.7 Å². The van der Waals surface area contributed by atoms with Gasteiger partial charge in [0.25, 0.3) is 0 Å². The fourth-order valence-electron chi connectivity index (χ4n) is 3.15. The number of carbonyl (C=O) groups is 2. The Bertz CT molecular complexity index is 1410. The number of esters is 2. The van der Waals surface area contributed by atoms with Gasteiger partial charge in [0, 0.05) is 3.57 Å². The highest BCUT2D eigenvalue weighted by molar-refractivity contribution is 14.1. The van der Waals surface area contributed by atoms with Crippen LogP contribution in [0.1, 0.15) is 28.4 Å². The van der Waals surface area contributed by atoms with Crippen LogP contribution < -0.4 is 9.47 Å². The molecule has 0 amide bonds. The lowest BCUT2D eigenvalue weighted by Crippen LogP contribution is -2.11. The third-order valence-electron chi connectivity index (χ3n) is 4.70. The predicted octanol–water partition coefficient (Wildman–Crippen LogP) is 7.32. The molecule has 0 radical (unpaired) electrons. The van der Waals surface area contributed by atoms with Gasteiger partial charge in [-0.1, -0.05) is 35.3 Å². The molecular weight excluding hydrogens is 672 g/mol. The molecule has 178 valence electrons. The zero-order valence-corrected chi connectivity index (χ0v) is 23.2. The molecule has 10 heteroatoms. The maximum absolute atomic E-state index is 12.7. The summed E-state index contributed by atoms with van der Waals surface area (Å²) < 4.78 is 18.0. The molecule has 1 aliphatic rings. The molecule has 3 aromatic carbocycles. The van der Waals surface area contributed by atoms with Crippen molar-refractivity contribution in [1.82, 2.24) is 0 Å². The molecule has 35 heavy (non-hydrogen) atoms. The van der Waals surface area contributed by atoms with Crippen LogP contribution in [0.5, 0.6) is 11.5 Å². The van der Waals surface area contributed by atoms with Crippen molar-refractivity contribution in [3.8, 4) is 11.5 Å². The standard InChI is InChI=1S/C25H15BrCl2INO5/c1-2-33-21-11-13(9-17(26)22(21)34-24(31)15-5-3-4-6-18(15)27)10-20-25(32)35-23(30-20)16-12-14(29)7-8-19(16)28/h3-12H,2H2,1H3/b20-10-. The molecule has 3 aromatic rings. The number of ether oxygens (including phenoxy) is 3. The van der Waals surface area contributed by atoms with Crippen LogP contribution in [0.4, 0.5) is 0 Å².